The van der Waals surface area contributed by atoms with Gasteiger partial charge in [0.25, 0.3) is 0 Å². The number of hydrogen-bond acceptors (Lipinski definition) is 3. The summed E-state index contributed by atoms with van der Waals surface area (Å²) in [6.45, 7) is 4.50. The van der Waals surface area contributed by atoms with Crippen molar-refractivity contribution >= 4 is 6.03 Å². The van der Waals surface area contributed by atoms with E-state index in [9.17, 15) is 15.0 Å². The van der Waals surface area contributed by atoms with E-state index < -0.39 is 0 Å². The summed E-state index contributed by atoms with van der Waals surface area (Å²) in [5, 5.41) is 22.2. The predicted molar refractivity (Wildman–Crippen MR) is 85.7 cm³/mol. The van der Waals surface area contributed by atoms with Gasteiger partial charge >= 0.3 is 6.03 Å². The molecule has 5 heteroatoms. The van der Waals surface area contributed by atoms with Crippen LogP contribution < -0.4 is 5.32 Å². The molecule has 0 heterocycles. The molecule has 0 saturated heterocycles. The maximum absolute atomic E-state index is 12.5. The number of amides is 2. The van der Waals surface area contributed by atoms with Gasteiger partial charge in [-0.2, -0.15) is 0 Å². The van der Waals surface area contributed by atoms with Crippen LogP contribution in [0.25, 0.3) is 0 Å². The summed E-state index contributed by atoms with van der Waals surface area (Å²) in [6, 6.07) is 6.97. The molecule has 1 fully saturated rings. The minimum absolute atomic E-state index is 0.0836. The fourth-order valence-corrected chi connectivity index (χ4v) is 3.04. The molecule has 3 N–H and O–H groups in total. The number of benzene rings is 1. The van der Waals surface area contributed by atoms with E-state index in [1.165, 1.54) is 0 Å². The summed E-state index contributed by atoms with van der Waals surface area (Å²) in [7, 11) is 0. The van der Waals surface area contributed by atoms with Crippen LogP contribution in [0.3, 0.4) is 0 Å². The fourth-order valence-electron chi connectivity index (χ4n) is 3.04. The van der Waals surface area contributed by atoms with E-state index in [4.69, 9.17) is 0 Å². The van der Waals surface area contributed by atoms with Gasteiger partial charge in [-0.05, 0) is 57.2 Å². The highest BCUT2D eigenvalue weighted by Crippen LogP contribution is 2.24. The minimum atomic E-state index is -0.221. The van der Waals surface area contributed by atoms with Gasteiger partial charge in [0.15, 0.2) is 0 Å². The van der Waals surface area contributed by atoms with Crippen LogP contribution in [-0.2, 0) is 0 Å². The maximum Gasteiger partial charge on any atom is 0.318 e. The smallest absolute Gasteiger partial charge is 0.318 e. The second-order valence-corrected chi connectivity index (χ2v) is 6.01. The summed E-state index contributed by atoms with van der Waals surface area (Å²) in [5.41, 5.74) is 0.913. The van der Waals surface area contributed by atoms with Crippen molar-refractivity contribution in [3.63, 3.8) is 0 Å². The molecule has 1 aromatic carbocycles. The largest absolute Gasteiger partial charge is 0.508 e. The lowest BCUT2D eigenvalue weighted by atomic mass is 9.93. The number of carbonyl (C=O) groups is 1. The Kier molecular flexibility index (Phi) is 5.66. The molecule has 0 spiro atoms. The van der Waals surface area contributed by atoms with Gasteiger partial charge in [0.05, 0.1) is 12.1 Å². The van der Waals surface area contributed by atoms with Crippen molar-refractivity contribution in [2.24, 2.45) is 0 Å². The van der Waals surface area contributed by atoms with Gasteiger partial charge in [-0.15, -0.1) is 0 Å². The van der Waals surface area contributed by atoms with Crippen molar-refractivity contribution in [3.05, 3.63) is 29.8 Å². The van der Waals surface area contributed by atoms with Gasteiger partial charge < -0.3 is 20.4 Å². The Morgan fingerprint density at radius 3 is 2.64 bits per heavy atom. The zero-order chi connectivity index (χ0) is 16.1. The third-order valence-corrected chi connectivity index (χ3v) is 4.45. The maximum atomic E-state index is 12.5. The highest BCUT2D eigenvalue weighted by Gasteiger charge is 2.25. The van der Waals surface area contributed by atoms with Crippen LogP contribution >= 0.6 is 0 Å². The molecule has 0 aliphatic heterocycles. The summed E-state index contributed by atoms with van der Waals surface area (Å²) in [4.78, 5) is 14.3. The fraction of sp³-hybridized carbons (Fsp3) is 0.588. The van der Waals surface area contributed by atoms with Crippen molar-refractivity contribution in [1.29, 1.82) is 0 Å². The molecule has 2 amide bonds. The Hall–Kier alpha value is -1.75. The van der Waals surface area contributed by atoms with Crippen LogP contribution in [0.4, 0.5) is 4.79 Å². The average molecular weight is 306 g/mol. The van der Waals surface area contributed by atoms with E-state index in [1.54, 1.807) is 23.1 Å². The molecule has 1 saturated carbocycles. The monoisotopic (exact) mass is 306 g/mol. The molecule has 1 aliphatic rings. The quantitative estimate of drug-likeness (QED) is 0.801. The zero-order valence-corrected chi connectivity index (χ0v) is 13.3. The van der Waals surface area contributed by atoms with Crippen LogP contribution in [0.1, 0.15) is 51.1 Å². The molecule has 0 unspecified atom stereocenters. The molecule has 0 aromatic heterocycles. The molecule has 0 bridgehead atoms. The summed E-state index contributed by atoms with van der Waals surface area (Å²) in [6.07, 6.45) is 2.93. The number of carbonyl (C=O) groups excluding carboxylic acids is 1. The van der Waals surface area contributed by atoms with Gasteiger partial charge in [0, 0.05) is 12.6 Å². The van der Waals surface area contributed by atoms with Crippen molar-refractivity contribution < 1.29 is 15.0 Å². The molecule has 1 aromatic rings. The molecule has 2 rings (SSSR count). The third kappa shape index (κ3) is 4.13. The second-order valence-electron chi connectivity index (χ2n) is 6.01. The van der Waals surface area contributed by atoms with E-state index in [-0.39, 0.29) is 30.0 Å². The number of rotatable bonds is 4. The first-order chi connectivity index (χ1) is 10.5. The molecule has 122 valence electrons. The Morgan fingerprint density at radius 2 is 2.05 bits per heavy atom. The van der Waals surface area contributed by atoms with Gasteiger partial charge in [-0.1, -0.05) is 12.1 Å². The summed E-state index contributed by atoms with van der Waals surface area (Å²) in [5.74, 6) is 0.210. The lowest BCUT2D eigenvalue weighted by Crippen LogP contribution is -2.47. The number of phenols is 1. The molecule has 5 nitrogen and oxygen atoms in total. The number of nitrogens with zero attached hydrogens (tertiary/aromatic N) is 1. The van der Waals surface area contributed by atoms with Crippen LogP contribution in [0.15, 0.2) is 24.3 Å². The summed E-state index contributed by atoms with van der Waals surface area (Å²) < 4.78 is 0. The normalized spacial score (nSPS) is 22.9. The van der Waals surface area contributed by atoms with Gasteiger partial charge in [-0.3, -0.25) is 0 Å². The topological polar surface area (TPSA) is 72.8 Å². The first-order valence-electron chi connectivity index (χ1n) is 8.05. The Morgan fingerprint density at radius 1 is 1.36 bits per heavy atom. The van der Waals surface area contributed by atoms with E-state index >= 15 is 0 Å². The number of urea groups is 1. The van der Waals surface area contributed by atoms with Gasteiger partial charge in [0.2, 0.25) is 0 Å². The highest BCUT2D eigenvalue weighted by molar-refractivity contribution is 5.75. The minimum Gasteiger partial charge on any atom is -0.508 e. The van der Waals surface area contributed by atoms with Crippen LogP contribution in [-0.4, -0.2) is 39.8 Å². The van der Waals surface area contributed by atoms with Crippen LogP contribution in [0.2, 0.25) is 0 Å². The predicted octanol–water partition coefficient (Wildman–Crippen LogP) is 2.79. The van der Waals surface area contributed by atoms with Crippen LogP contribution in [0.5, 0.6) is 5.75 Å². The first-order valence-corrected chi connectivity index (χ1v) is 8.05. The second kappa shape index (κ2) is 7.49. The van der Waals surface area contributed by atoms with Crippen molar-refractivity contribution in [2.75, 3.05) is 6.54 Å². The number of aromatic hydroxyl groups is 1. The first kappa shape index (κ1) is 16.6. The third-order valence-electron chi connectivity index (χ3n) is 4.45. The van der Waals surface area contributed by atoms with E-state index in [2.05, 4.69) is 5.32 Å². The van der Waals surface area contributed by atoms with Crippen LogP contribution in [0, 0.1) is 0 Å². The van der Waals surface area contributed by atoms with Gasteiger partial charge in [0.1, 0.15) is 5.75 Å². The van der Waals surface area contributed by atoms with Crippen molar-refractivity contribution in [1.82, 2.24) is 10.2 Å². The number of aliphatic hydroxyl groups excluding tert-OH is 1. The number of aliphatic hydroxyl groups is 1. The molecule has 22 heavy (non-hydrogen) atoms. The van der Waals surface area contributed by atoms with E-state index in [0.29, 0.717) is 6.54 Å². The standard InChI is InChI=1S/C17H26N2O3/c1-3-19(12(2)13-5-4-6-16(21)11-13)17(22)18-14-7-9-15(20)10-8-14/h4-6,11-12,14-15,20-21H,3,7-10H2,1-2H3,(H,18,22)/t12-,14?,15?/m0/s1. The Bertz CT molecular complexity index is 498. The van der Waals surface area contributed by atoms with E-state index in [1.807, 2.05) is 19.9 Å². The highest BCUT2D eigenvalue weighted by atomic mass is 16.3. The molecule has 1 atom stereocenters. The SMILES string of the molecule is CCN(C(=O)NC1CCC(O)CC1)[C@@H](C)c1cccc(O)c1. The van der Waals surface area contributed by atoms with Crippen molar-refractivity contribution in [2.45, 2.75) is 57.7 Å². The molecular weight excluding hydrogens is 280 g/mol. The molecule has 1 aliphatic carbocycles. The zero-order valence-electron chi connectivity index (χ0n) is 13.3. The summed E-state index contributed by atoms with van der Waals surface area (Å²) >= 11 is 0. The van der Waals surface area contributed by atoms with Crippen molar-refractivity contribution in [3.8, 4) is 5.75 Å². The van der Waals surface area contributed by atoms with Gasteiger partial charge in [-0.25, -0.2) is 4.79 Å². The van der Waals surface area contributed by atoms with E-state index in [0.717, 1.165) is 31.2 Å². The average Bonchev–Trinajstić information content (AvgIpc) is 2.50. The number of nitrogens with one attached hydrogen (secondary N) is 1. The molecular formula is C17H26N2O3. The molecule has 0 radical (unpaired) electrons. The Balaban J connectivity index is 1.99. The number of phenolic OH excluding ortho intramolecular Hbond substituents is 1. The Labute approximate surface area is 131 Å². The lowest BCUT2D eigenvalue weighted by molar-refractivity contribution is 0.114. The number of hydrogen-bond donors (Lipinski definition) is 3. The lowest BCUT2D eigenvalue weighted by Gasteiger charge is -2.32.